The molecule has 0 amide bonds. The fourth-order valence-corrected chi connectivity index (χ4v) is 5.22. The first-order chi connectivity index (χ1) is 16.7. The quantitative estimate of drug-likeness (QED) is 0.388. The molecule has 1 aliphatic heterocycles. The summed E-state index contributed by atoms with van der Waals surface area (Å²) in [6.07, 6.45) is 12.5. The van der Waals surface area contributed by atoms with Crippen LogP contribution in [-0.4, -0.2) is 49.7 Å². The van der Waals surface area contributed by atoms with E-state index in [4.69, 9.17) is 0 Å². The number of benzene rings is 2. The van der Waals surface area contributed by atoms with E-state index < -0.39 is 5.97 Å². The van der Waals surface area contributed by atoms with Gasteiger partial charge in [0.05, 0.1) is 18.4 Å². The van der Waals surface area contributed by atoms with Crippen LogP contribution in [0.2, 0.25) is 0 Å². The number of hydrogen-bond acceptors (Lipinski definition) is 3. The molecule has 1 fully saturated rings. The highest BCUT2D eigenvalue weighted by Crippen LogP contribution is 2.25. The lowest BCUT2D eigenvalue weighted by molar-refractivity contribution is 0.0697. The number of nitrogens with zero attached hydrogens (tertiary/aromatic N) is 4. The van der Waals surface area contributed by atoms with Crippen molar-refractivity contribution in [2.45, 2.75) is 38.8 Å². The first-order valence-corrected chi connectivity index (χ1v) is 12.2. The number of aromatic carboxylic acids is 1. The number of carboxylic acid groups (broad SMARTS) is 1. The third kappa shape index (κ3) is 5.23. The van der Waals surface area contributed by atoms with Crippen LogP contribution in [0.3, 0.4) is 0 Å². The number of aryl methyl sites for hydroxylation is 1. The summed E-state index contributed by atoms with van der Waals surface area (Å²) in [6.45, 7) is 5.02. The Hall–Kier alpha value is -3.38. The molecule has 4 aromatic rings. The number of piperidine rings is 1. The molecule has 0 saturated carbocycles. The number of imidazole rings is 1. The molecule has 0 bridgehead atoms. The van der Waals surface area contributed by atoms with Crippen LogP contribution < -0.4 is 0 Å². The molecule has 2 aromatic heterocycles. The molecule has 1 aliphatic rings. The highest BCUT2D eigenvalue weighted by molar-refractivity contribution is 5.94. The van der Waals surface area contributed by atoms with Crippen molar-refractivity contribution in [3.8, 4) is 0 Å². The summed E-state index contributed by atoms with van der Waals surface area (Å²) in [5, 5.41) is 10.6. The Labute approximate surface area is 200 Å². The van der Waals surface area contributed by atoms with Crippen LogP contribution in [-0.2, 0) is 19.5 Å². The van der Waals surface area contributed by atoms with Crippen molar-refractivity contribution in [2.75, 3.05) is 19.6 Å². The second-order valence-electron chi connectivity index (χ2n) is 9.45. The lowest BCUT2D eigenvalue weighted by Crippen LogP contribution is -2.35. The Balaban J connectivity index is 1.20. The topological polar surface area (TPSA) is 63.3 Å². The van der Waals surface area contributed by atoms with Gasteiger partial charge in [0, 0.05) is 36.0 Å². The predicted octanol–water partition coefficient (Wildman–Crippen LogP) is 4.93. The molecule has 1 saturated heterocycles. The van der Waals surface area contributed by atoms with Crippen LogP contribution in [0.5, 0.6) is 0 Å². The summed E-state index contributed by atoms with van der Waals surface area (Å²) in [4.78, 5) is 18.3. The third-order valence-corrected chi connectivity index (χ3v) is 7.07. The Kier molecular flexibility index (Phi) is 6.77. The Morgan fingerprint density at radius 3 is 2.62 bits per heavy atom. The third-order valence-electron chi connectivity index (χ3n) is 7.07. The van der Waals surface area contributed by atoms with Gasteiger partial charge in [-0.25, -0.2) is 9.78 Å². The maximum atomic E-state index is 11.6. The van der Waals surface area contributed by atoms with Gasteiger partial charge in [-0.05, 0) is 74.5 Å². The van der Waals surface area contributed by atoms with E-state index in [2.05, 4.69) is 51.0 Å². The van der Waals surface area contributed by atoms with Gasteiger partial charge in [0.2, 0.25) is 0 Å². The van der Waals surface area contributed by atoms with Gasteiger partial charge in [0.15, 0.2) is 0 Å². The Morgan fingerprint density at radius 2 is 1.88 bits per heavy atom. The standard InChI is InChI=1S/C28H32N4O2/c33-28(34)24-7-8-26-25(19-31-16-11-29-21-31)20-32(27(26)18-24)13-4-12-30-14-9-23(10-15-30)17-22-5-2-1-3-6-22/h1-3,5-8,11,16,18,20-21,23H,4,9-10,12-15,17,19H2,(H,33,34). The van der Waals surface area contributed by atoms with E-state index in [1.54, 1.807) is 12.3 Å². The summed E-state index contributed by atoms with van der Waals surface area (Å²) in [6, 6.07) is 16.3. The first-order valence-electron chi connectivity index (χ1n) is 12.2. The smallest absolute Gasteiger partial charge is 0.335 e. The molecule has 0 atom stereocenters. The van der Waals surface area contributed by atoms with E-state index in [1.165, 1.54) is 43.5 Å². The number of carboxylic acids is 1. The molecule has 0 spiro atoms. The largest absolute Gasteiger partial charge is 0.478 e. The van der Waals surface area contributed by atoms with Crippen molar-refractivity contribution in [2.24, 2.45) is 5.92 Å². The van der Waals surface area contributed by atoms with Crippen LogP contribution >= 0.6 is 0 Å². The van der Waals surface area contributed by atoms with Gasteiger partial charge in [-0.2, -0.15) is 0 Å². The zero-order valence-corrected chi connectivity index (χ0v) is 19.5. The molecule has 0 aliphatic carbocycles. The lowest BCUT2D eigenvalue weighted by atomic mass is 9.90. The second-order valence-corrected chi connectivity index (χ2v) is 9.45. The second kappa shape index (κ2) is 10.3. The average molecular weight is 457 g/mol. The minimum absolute atomic E-state index is 0.335. The molecule has 6 heteroatoms. The van der Waals surface area contributed by atoms with Gasteiger partial charge in [-0.15, -0.1) is 0 Å². The van der Waals surface area contributed by atoms with Gasteiger partial charge in [-0.1, -0.05) is 36.4 Å². The molecule has 0 radical (unpaired) electrons. The molecule has 2 aromatic carbocycles. The molecule has 34 heavy (non-hydrogen) atoms. The summed E-state index contributed by atoms with van der Waals surface area (Å²) in [5.74, 6) is -0.101. The monoisotopic (exact) mass is 456 g/mol. The Bertz CT molecular complexity index is 1220. The lowest BCUT2D eigenvalue weighted by Gasteiger charge is -2.32. The SMILES string of the molecule is O=C(O)c1ccc2c(Cn3ccnc3)cn(CCCN3CCC(Cc4ccccc4)CC3)c2c1. The number of hydrogen-bond donors (Lipinski definition) is 1. The van der Waals surface area contributed by atoms with Crippen molar-refractivity contribution in [3.05, 3.63) is 90.1 Å². The fourth-order valence-electron chi connectivity index (χ4n) is 5.22. The van der Waals surface area contributed by atoms with E-state index >= 15 is 0 Å². The van der Waals surface area contributed by atoms with Gasteiger partial charge in [-0.3, -0.25) is 0 Å². The van der Waals surface area contributed by atoms with Gasteiger partial charge < -0.3 is 19.1 Å². The van der Waals surface area contributed by atoms with E-state index in [0.29, 0.717) is 5.56 Å². The number of aromatic nitrogens is 3. The summed E-state index contributed by atoms with van der Waals surface area (Å²) in [5.41, 5.74) is 3.97. The van der Waals surface area contributed by atoms with E-state index in [0.717, 1.165) is 42.9 Å². The van der Waals surface area contributed by atoms with E-state index in [1.807, 2.05) is 29.2 Å². The molecule has 176 valence electrons. The molecular weight excluding hydrogens is 424 g/mol. The summed E-state index contributed by atoms with van der Waals surface area (Å²) < 4.78 is 4.28. The number of likely N-dealkylation sites (tertiary alicyclic amines) is 1. The van der Waals surface area contributed by atoms with Gasteiger partial charge in [0.25, 0.3) is 0 Å². The van der Waals surface area contributed by atoms with E-state index in [9.17, 15) is 9.90 Å². The molecular formula is C28H32N4O2. The van der Waals surface area contributed by atoms with Crippen LogP contribution in [0.15, 0.2) is 73.4 Å². The van der Waals surface area contributed by atoms with Crippen LogP contribution in [0.4, 0.5) is 0 Å². The molecule has 1 N–H and O–H groups in total. The molecule has 6 nitrogen and oxygen atoms in total. The molecule has 0 unspecified atom stereocenters. The number of carbonyl (C=O) groups is 1. The molecule has 5 rings (SSSR count). The highest BCUT2D eigenvalue weighted by Gasteiger charge is 2.19. The molecule has 3 heterocycles. The van der Waals surface area contributed by atoms with Crippen LogP contribution in [0.25, 0.3) is 10.9 Å². The van der Waals surface area contributed by atoms with E-state index in [-0.39, 0.29) is 0 Å². The normalized spacial score (nSPS) is 15.2. The van der Waals surface area contributed by atoms with Crippen molar-refractivity contribution in [1.82, 2.24) is 19.0 Å². The van der Waals surface area contributed by atoms with Crippen molar-refractivity contribution in [3.63, 3.8) is 0 Å². The summed E-state index contributed by atoms with van der Waals surface area (Å²) >= 11 is 0. The summed E-state index contributed by atoms with van der Waals surface area (Å²) in [7, 11) is 0. The van der Waals surface area contributed by atoms with Gasteiger partial charge >= 0.3 is 5.97 Å². The first kappa shape index (κ1) is 22.4. The zero-order valence-electron chi connectivity index (χ0n) is 19.5. The van der Waals surface area contributed by atoms with Gasteiger partial charge in [0.1, 0.15) is 0 Å². The highest BCUT2D eigenvalue weighted by atomic mass is 16.4. The minimum atomic E-state index is -0.885. The number of fused-ring (bicyclic) bond motifs is 1. The number of rotatable bonds is 9. The maximum Gasteiger partial charge on any atom is 0.335 e. The van der Waals surface area contributed by atoms with Crippen LogP contribution in [0, 0.1) is 5.92 Å². The minimum Gasteiger partial charge on any atom is -0.478 e. The van der Waals surface area contributed by atoms with Crippen molar-refractivity contribution in [1.29, 1.82) is 0 Å². The maximum absolute atomic E-state index is 11.6. The average Bonchev–Trinajstić information content (AvgIpc) is 3.49. The zero-order chi connectivity index (χ0) is 23.3. The van der Waals surface area contributed by atoms with Crippen molar-refractivity contribution < 1.29 is 9.90 Å². The van der Waals surface area contributed by atoms with Crippen molar-refractivity contribution >= 4 is 16.9 Å². The Morgan fingerprint density at radius 1 is 1.06 bits per heavy atom. The van der Waals surface area contributed by atoms with Crippen LogP contribution in [0.1, 0.15) is 40.7 Å². The fraction of sp³-hybridized carbons (Fsp3) is 0.357. The predicted molar refractivity (Wildman–Crippen MR) is 134 cm³/mol.